The quantitative estimate of drug-likeness (QED) is 0.874. The number of nitrogens with zero attached hydrogens (tertiary/aromatic N) is 2. The third-order valence-electron chi connectivity index (χ3n) is 4.52. The van der Waals surface area contributed by atoms with Crippen molar-refractivity contribution in [3.05, 3.63) is 16.1 Å². The molecular formula is C16H31N3S. The Hall–Kier alpha value is -0.450. The van der Waals surface area contributed by atoms with Gasteiger partial charge in [0.25, 0.3) is 0 Å². The van der Waals surface area contributed by atoms with Gasteiger partial charge >= 0.3 is 0 Å². The van der Waals surface area contributed by atoms with Gasteiger partial charge in [-0.1, -0.05) is 34.6 Å². The molecule has 0 radical (unpaired) electrons. The van der Waals surface area contributed by atoms with Gasteiger partial charge in [-0.25, -0.2) is 4.98 Å². The van der Waals surface area contributed by atoms with Crippen LogP contribution in [0, 0.1) is 0 Å². The highest BCUT2D eigenvalue weighted by atomic mass is 32.1. The highest BCUT2D eigenvalue weighted by Gasteiger charge is 2.36. The molecule has 4 heteroatoms. The fourth-order valence-electron chi connectivity index (χ4n) is 2.87. The minimum absolute atomic E-state index is 0.0631. The summed E-state index contributed by atoms with van der Waals surface area (Å²) >= 11 is 1.74. The molecule has 0 bridgehead atoms. The molecule has 20 heavy (non-hydrogen) atoms. The van der Waals surface area contributed by atoms with Crippen LogP contribution in [0.1, 0.15) is 58.2 Å². The molecule has 2 N–H and O–H groups in total. The number of aromatic nitrogens is 1. The van der Waals surface area contributed by atoms with Gasteiger partial charge < -0.3 is 10.6 Å². The van der Waals surface area contributed by atoms with Crippen molar-refractivity contribution < 1.29 is 0 Å². The first-order valence-electron chi connectivity index (χ1n) is 7.55. The third-order valence-corrected chi connectivity index (χ3v) is 5.39. The summed E-state index contributed by atoms with van der Waals surface area (Å²) in [7, 11) is 4.27. The molecule has 0 fully saturated rings. The van der Waals surface area contributed by atoms with Crippen LogP contribution in [-0.4, -0.2) is 35.6 Å². The Bertz CT molecular complexity index is 414. The standard InChI is InChI=1S/C16H31N3S/c1-8-16(9-2,19(6)7)12(17)10-14-18-13(11-20-14)15(3,4)5/h11-12H,8-10,17H2,1-7H3. The van der Waals surface area contributed by atoms with Crippen molar-refractivity contribution in [2.75, 3.05) is 14.1 Å². The molecule has 0 amide bonds. The largest absolute Gasteiger partial charge is 0.326 e. The summed E-state index contributed by atoms with van der Waals surface area (Å²) in [6.45, 7) is 11.1. The summed E-state index contributed by atoms with van der Waals surface area (Å²) in [6.07, 6.45) is 2.99. The van der Waals surface area contributed by atoms with Crippen molar-refractivity contribution in [1.82, 2.24) is 9.88 Å². The number of thiazole rings is 1. The second-order valence-electron chi connectivity index (χ2n) is 6.89. The van der Waals surface area contributed by atoms with E-state index in [0.717, 1.165) is 24.3 Å². The average Bonchev–Trinajstić information content (AvgIpc) is 2.79. The molecule has 1 unspecified atom stereocenters. The van der Waals surface area contributed by atoms with Gasteiger partial charge in [0.05, 0.1) is 10.7 Å². The molecule has 0 aliphatic carbocycles. The van der Waals surface area contributed by atoms with Crippen LogP contribution in [0.15, 0.2) is 5.38 Å². The van der Waals surface area contributed by atoms with Gasteiger partial charge in [-0.2, -0.15) is 0 Å². The highest BCUT2D eigenvalue weighted by molar-refractivity contribution is 7.09. The van der Waals surface area contributed by atoms with Crippen molar-refractivity contribution in [1.29, 1.82) is 0 Å². The lowest BCUT2D eigenvalue weighted by molar-refractivity contribution is 0.105. The predicted octanol–water partition coefficient (Wildman–Crippen LogP) is 3.43. The smallest absolute Gasteiger partial charge is 0.0944 e. The van der Waals surface area contributed by atoms with Gasteiger partial charge in [-0.15, -0.1) is 11.3 Å². The van der Waals surface area contributed by atoms with Gasteiger partial charge in [-0.05, 0) is 26.9 Å². The summed E-state index contributed by atoms with van der Waals surface area (Å²) in [5, 5.41) is 3.34. The molecule has 0 saturated heterocycles. The zero-order chi connectivity index (χ0) is 15.6. The van der Waals surface area contributed by atoms with E-state index in [1.165, 1.54) is 5.69 Å². The zero-order valence-electron chi connectivity index (χ0n) is 14.2. The average molecular weight is 298 g/mol. The lowest BCUT2D eigenvalue weighted by atomic mass is 9.82. The van der Waals surface area contributed by atoms with Crippen LogP contribution in [0.2, 0.25) is 0 Å². The lowest BCUT2D eigenvalue weighted by Crippen LogP contribution is -2.57. The molecule has 0 saturated carbocycles. The fraction of sp³-hybridized carbons (Fsp3) is 0.812. The molecule has 1 atom stereocenters. The van der Waals surface area contributed by atoms with Crippen LogP contribution < -0.4 is 5.73 Å². The van der Waals surface area contributed by atoms with E-state index >= 15 is 0 Å². The van der Waals surface area contributed by atoms with Crippen LogP contribution >= 0.6 is 11.3 Å². The second-order valence-corrected chi connectivity index (χ2v) is 7.83. The second kappa shape index (κ2) is 6.54. The maximum atomic E-state index is 6.55. The summed E-state index contributed by atoms with van der Waals surface area (Å²) in [5.74, 6) is 0. The Morgan fingerprint density at radius 2 is 1.80 bits per heavy atom. The van der Waals surface area contributed by atoms with E-state index in [1.807, 2.05) is 0 Å². The molecule has 3 nitrogen and oxygen atoms in total. The highest BCUT2D eigenvalue weighted by Crippen LogP contribution is 2.29. The van der Waals surface area contributed by atoms with Crippen molar-refractivity contribution in [2.45, 2.75) is 70.9 Å². The molecule has 116 valence electrons. The van der Waals surface area contributed by atoms with Crippen LogP contribution in [0.5, 0.6) is 0 Å². The van der Waals surface area contributed by atoms with Gasteiger partial charge in [0.2, 0.25) is 0 Å². The number of hydrogen-bond donors (Lipinski definition) is 1. The van der Waals surface area contributed by atoms with Crippen LogP contribution in [-0.2, 0) is 11.8 Å². The maximum absolute atomic E-state index is 6.55. The van der Waals surface area contributed by atoms with Gasteiger partial charge in [-0.3, -0.25) is 0 Å². The Labute approximate surface area is 128 Å². The minimum atomic E-state index is 0.0631. The summed E-state index contributed by atoms with van der Waals surface area (Å²) in [5.41, 5.74) is 7.91. The fourth-order valence-corrected chi connectivity index (χ4v) is 3.95. The Kier molecular flexibility index (Phi) is 5.76. The Morgan fingerprint density at radius 3 is 2.15 bits per heavy atom. The monoisotopic (exact) mass is 297 g/mol. The first kappa shape index (κ1) is 17.6. The van der Waals surface area contributed by atoms with Crippen molar-refractivity contribution in [3.8, 4) is 0 Å². The predicted molar refractivity (Wildman–Crippen MR) is 89.5 cm³/mol. The number of rotatable bonds is 6. The molecule has 1 heterocycles. The van der Waals surface area contributed by atoms with Gasteiger partial charge in [0.15, 0.2) is 0 Å². The summed E-state index contributed by atoms with van der Waals surface area (Å²) < 4.78 is 0. The lowest BCUT2D eigenvalue weighted by Gasteiger charge is -2.43. The van der Waals surface area contributed by atoms with E-state index in [9.17, 15) is 0 Å². The van der Waals surface area contributed by atoms with E-state index in [2.05, 4.69) is 59.0 Å². The number of hydrogen-bond acceptors (Lipinski definition) is 4. The molecule has 1 aromatic heterocycles. The molecule has 0 spiro atoms. The van der Waals surface area contributed by atoms with E-state index in [4.69, 9.17) is 10.7 Å². The van der Waals surface area contributed by atoms with Crippen LogP contribution in [0.3, 0.4) is 0 Å². The van der Waals surface area contributed by atoms with Crippen molar-refractivity contribution in [2.24, 2.45) is 5.73 Å². The first-order valence-corrected chi connectivity index (χ1v) is 8.43. The van der Waals surface area contributed by atoms with Gasteiger partial charge in [0, 0.05) is 28.8 Å². The van der Waals surface area contributed by atoms with E-state index in [0.29, 0.717) is 0 Å². The minimum Gasteiger partial charge on any atom is -0.326 e. The molecule has 1 aromatic rings. The summed E-state index contributed by atoms with van der Waals surface area (Å²) in [4.78, 5) is 7.07. The van der Waals surface area contributed by atoms with E-state index in [-0.39, 0.29) is 17.0 Å². The van der Waals surface area contributed by atoms with Crippen molar-refractivity contribution in [3.63, 3.8) is 0 Å². The van der Waals surface area contributed by atoms with E-state index in [1.54, 1.807) is 11.3 Å². The zero-order valence-corrected chi connectivity index (χ0v) is 15.0. The Balaban J connectivity index is 2.89. The van der Waals surface area contributed by atoms with Crippen LogP contribution in [0.25, 0.3) is 0 Å². The molecular weight excluding hydrogens is 266 g/mol. The normalized spacial score (nSPS) is 14.8. The van der Waals surface area contributed by atoms with Gasteiger partial charge in [0.1, 0.15) is 0 Å². The molecule has 1 rings (SSSR count). The molecule has 0 aromatic carbocycles. The first-order chi connectivity index (χ1) is 9.17. The maximum Gasteiger partial charge on any atom is 0.0944 e. The summed E-state index contributed by atoms with van der Waals surface area (Å²) in [6, 6.07) is 0.117. The SMILES string of the molecule is CCC(CC)(C(N)Cc1nc(C(C)(C)C)cs1)N(C)C. The number of likely N-dealkylation sites (N-methyl/N-ethyl adjacent to an activating group) is 1. The Morgan fingerprint density at radius 1 is 1.25 bits per heavy atom. The van der Waals surface area contributed by atoms with E-state index < -0.39 is 0 Å². The number of nitrogens with two attached hydrogens (primary N) is 1. The molecule has 0 aliphatic rings. The van der Waals surface area contributed by atoms with Crippen molar-refractivity contribution >= 4 is 11.3 Å². The topological polar surface area (TPSA) is 42.1 Å². The third kappa shape index (κ3) is 3.60. The van der Waals surface area contributed by atoms with Crippen LogP contribution in [0.4, 0.5) is 0 Å². The molecule has 0 aliphatic heterocycles.